The van der Waals surface area contributed by atoms with E-state index in [0.717, 1.165) is 28.3 Å². The maximum Gasteiger partial charge on any atom is 0.185 e. The number of hydrogen-bond acceptors (Lipinski definition) is 2. The summed E-state index contributed by atoms with van der Waals surface area (Å²) in [5.74, 6) is 6.85. The van der Waals surface area contributed by atoms with E-state index in [1.54, 1.807) is 6.92 Å². The molecule has 0 bridgehead atoms. The Bertz CT molecular complexity index is 443. The molecule has 0 aromatic heterocycles. The van der Waals surface area contributed by atoms with E-state index in [9.17, 15) is 4.79 Å². The van der Waals surface area contributed by atoms with Crippen LogP contribution in [0.25, 0.3) is 0 Å². The number of aryl methyl sites for hydroxylation is 1. The molecule has 0 fully saturated rings. The van der Waals surface area contributed by atoms with Gasteiger partial charge in [-0.25, -0.2) is 0 Å². The molecule has 0 radical (unpaired) electrons. The Hall–Kier alpha value is -0.910. The van der Waals surface area contributed by atoms with Crippen molar-refractivity contribution in [3.63, 3.8) is 0 Å². The van der Waals surface area contributed by atoms with Crippen molar-refractivity contribution in [2.75, 3.05) is 5.75 Å². The highest BCUT2D eigenvalue weighted by molar-refractivity contribution is 8.13. The molecular weight excluding hydrogens is 240 g/mol. The van der Waals surface area contributed by atoms with Gasteiger partial charge in [-0.2, -0.15) is 0 Å². The van der Waals surface area contributed by atoms with Crippen LogP contribution in [0.3, 0.4) is 0 Å². The topological polar surface area (TPSA) is 17.1 Å². The average Bonchev–Trinajstić information content (AvgIpc) is 2.22. The summed E-state index contributed by atoms with van der Waals surface area (Å²) >= 11 is 7.22. The van der Waals surface area contributed by atoms with Gasteiger partial charge in [-0.1, -0.05) is 35.2 Å². The standard InChI is InChI=1S/C13H13ClOS/c1-10-9-12(6-7-13(10)14)5-3-4-8-16-11(2)15/h6-7,9H,4,8H2,1-2H3. The van der Waals surface area contributed by atoms with Gasteiger partial charge in [0, 0.05) is 29.7 Å². The number of rotatable bonds is 2. The van der Waals surface area contributed by atoms with Crippen LogP contribution in [-0.2, 0) is 4.79 Å². The summed E-state index contributed by atoms with van der Waals surface area (Å²) in [6, 6.07) is 5.72. The quantitative estimate of drug-likeness (QED) is 0.590. The maximum atomic E-state index is 10.7. The van der Waals surface area contributed by atoms with E-state index in [2.05, 4.69) is 11.8 Å². The minimum Gasteiger partial charge on any atom is -0.288 e. The Kier molecular flexibility index (Phi) is 5.45. The third kappa shape index (κ3) is 4.74. The van der Waals surface area contributed by atoms with E-state index >= 15 is 0 Å². The number of carbonyl (C=O) groups is 1. The molecule has 16 heavy (non-hydrogen) atoms. The summed E-state index contributed by atoms with van der Waals surface area (Å²) in [5, 5.41) is 0.904. The summed E-state index contributed by atoms with van der Waals surface area (Å²) in [7, 11) is 0. The third-order valence-electron chi connectivity index (χ3n) is 1.92. The Morgan fingerprint density at radius 2 is 2.25 bits per heavy atom. The SMILES string of the molecule is CC(=O)SCCC#Cc1ccc(Cl)c(C)c1. The van der Waals surface area contributed by atoms with Crippen molar-refractivity contribution in [1.29, 1.82) is 0 Å². The number of benzene rings is 1. The van der Waals surface area contributed by atoms with Crippen LogP contribution < -0.4 is 0 Å². The number of thioether (sulfide) groups is 1. The third-order valence-corrected chi connectivity index (χ3v) is 3.16. The highest BCUT2D eigenvalue weighted by Gasteiger charge is 1.94. The Morgan fingerprint density at radius 1 is 1.50 bits per heavy atom. The van der Waals surface area contributed by atoms with Crippen molar-refractivity contribution in [1.82, 2.24) is 0 Å². The molecule has 3 heteroatoms. The van der Waals surface area contributed by atoms with Crippen LogP contribution >= 0.6 is 23.4 Å². The molecule has 0 amide bonds. The fourth-order valence-electron chi connectivity index (χ4n) is 1.13. The van der Waals surface area contributed by atoms with Crippen molar-refractivity contribution in [2.45, 2.75) is 20.3 Å². The molecule has 0 heterocycles. The zero-order valence-electron chi connectivity index (χ0n) is 9.34. The molecule has 0 aliphatic heterocycles. The molecule has 1 nitrogen and oxygen atoms in total. The summed E-state index contributed by atoms with van der Waals surface area (Å²) in [4.78, 5) is 10.7. The van der Waals surface area contributed by atoms with Crippen LogP contribution in [0.5, 0.6) is 0 Å². The molecule has 0 saturated heterocycles. The molecule has 0 spiro atoms. The largest absolute Gasteiger partial charge is 0.288 e. The van der Waals surface area contributed by atoms with Crippen molar-refractivity contribution >= 4 is 28.5 Å². The number of hydrogen-bond donors (Lipinski definition) is 0. The van der Waals surface area contributed by atoms with Gasteiger partial charge in [0.05, 0.1) is 0 Å². The van der Waals surface area contributed by atoms with Crippen molar-refractivity contribution in [2.24, 2.45) is 0 Å². The first kappa shape index (κ1) is 13.2. The van der Waals surface area contributed by atoms with Crippen LogP contribution in [0.1, 0.15) is 24.5 Å². The second-order valence-corrected chi connectivity index (χ2v) is 5.03. The van der Waals surface area contributed by atoms with Crippen LogP contribution in [0.2, 0.25) is 5.02 Å². The second kappa shape index (κ2) is 6.62. The van der Waals surface area contributed by atoms with Gasteiger partial charge in [0.1, 0.15) is 0 Å². The molecule has 0 saturated carbocycles. The van der Waals surface area contributed by atoms with E-state index in [-0.39, 0.29) is 5.12 Å². The lowest BCUT2D eigenvalue weighted by Gasteiger charge is -1.96. The Morgan fingerprint density at radius 3 is 2.88 bits per heavy atom. The zero-order chi connectivity index (χ0) is 12.0. The van der Waals surface area contributed by atoms with E-state index in [1.807, 2.05) is 25.1 Å². The highest BCUT2D eigenvalue weighted by Crippen LogP contribution is 2.15. The molecular formula is C13H13ClOS. The molecule has 0 aliphatic rings. The lowest BCUT2D eigenvalue weighted by Crippen LogP contribution is -1.84. The van der Waals surface area contributed by atoms with Crippen LogP contribution in [-0.4, -0.2) is 10.9 Å². The first-order valence-electron chi connectivity index (χ1n) is 4.98. The normalized spacial score (nSPS) is 9.44. The second-order valence-electron chi connectivity index (χ2n) is 3.36. The monoisotopic (exact) mass is 252 g/mol. The van der Waals surface area contributed by atoms with Gasteiger partial charge >= 0.3 is 0 Å². The predicted octanol–water partition coefficient (Wildman–Crippen LogP) is 3.67. The first-order chi connectivity index (χ1) is 7.59. The molecule has 0 unspecified atom stereocenters. The summed E-state index contributed by atoms with van der Waals surface area (Å²) in [6.07, 6.45) is 0.728. The van der Waals surface area contributed by atoms with Crippen molar-refractivity contribution < 1.29 is 4.79 Å². The van der Waals surface area contributed by atoms with E-state index < -0.39 is 0 Å². The lowest BCUT2D eigenvalue weighted by molar-refractivity contribution is -0.109. The number of carbonyl (C=O) groups excluding carboxylic acids is 1. The zero-order valence-corrected chi connectivity index (χ0v) is 10.9. The van der Waals surface area contributed by atoms with E-state index in [4.69, 9.17) is 11.6 Å². The van der Waals surface area contributed by atoms with E-state index in [1.165, 1.54) is 11.8 Å². The maximum absolute atomic E-state index is 10.7. The van der Waals surface area contributed by atoms with Crippen LogP contribution in [0, 0.1) is 18.8 Å². The first-order valence-corrected chi connectivity index (χ1v) is 6.34. The lowest BCUT2D eigenvalue weighted by atomic mass is 10.1. The van der Waals surface area contributed by atoms with Crippen molar-refractivity contribution in [3.8, 4) is 11.8 Å². The summed E-state index contributed by atoms with van der Waals surface area (Å²) in [6.45, 7) is 3.53. The molecule has 0 aliphatic carbocycles. The van der Waals surface area contributed by atoms with Gasteiger partial charge in [-0.05, 0) is 30.7 Å². The van der Waals surface area contributed by atoms with Crippen LogP contribution in [0.15, 0.2) is 18.2 Å². The molecule has 1 aromatic carbocycles. The van der Waals surface area contributed by atoms with Gasteiger partial charge < -0.3 is 0 Å². The van der Waals surface area contributed by atoms with Gasteiger partial charge in [0.25, 0.3) is 0 Å². The van der Waals surface area contributed by atoms with Gasteiger partial charge in [0.2, 0.25) is 0 Å². The molecule has 0 atom stereocenters. The Labute approximate surface area is 106 Å². The minimum absolute atomic E-state index is 0.143. The number of halogens is 1. The summed E-state index contributed by atoms with van der Waals surface area (Å²) in [5.41, 5.74) is 2.00. The fraction of sp³-hybridized carbons (Fsp3) is 0.308. The molecule has 1 rings (SSSR count). The highest BCUT2D eigenvalue weighted by atomic mass is 35.5. The average molecular weight is 253 g/mol. The van der Waals surface area contributed by atoms with Crippen molar-refractivity contribution in [3.05, 3.63) is 34.3 Å². The van der Waals surface area contributed by atoms with Gasteiger partial charge in [-0.15, -0.1) is 0 Å². The molecule has 0 N–H and O–H groups in total. The smallest absolute Gasteiger partial charge is 0.185 e. The van der Waals surface area contributed by atoms with Crippen LogP contribution in [0.4, 0.5) is 0 Å². The fourth-order valence-corrected chi connectivity index (χ4v) is 1.74. The van der Waals surface area contributed by atoms with Gasteiger partial charge in [0.15, 0.2) is 5.12 Å². The Balaban J connectivity index is 2.50. The minimum atomic E-state index is 0.143. The summed E-state index contributed by atoms with van der Waals surface area (Å²) < 4.78 is 0. The molecule has 84 valence electrons. The predicted molar refractivity (Wildman–Crippen MR) is 70.8 cm³/mol. The van der Waals surface area contributed by atoms with Gasteiger partial charge in [-0.3, -0.25) is 4.79 Å². The molecule has 1 aromatic rings. The van der Waals surface area contributed by atoms with E-state index in [0.29, 0.717) is 0 Å².